The highest BCUT2D eigenvalue weighted by Gasteiger charge is 2.39. The van der Waals surface area contributed by atoms with E-state index in [2.05, 4.69) is 26.1 Å². The van der Waals surface area contributed by atoms with Crippen molar-refractivity contribution in [2.24, 2.45) is 23.0 Å². The predicted octanol–water partition coefficient (Wildman–Crippen LogP) is 2.19. The van der Waals surface area contributed by atoms with Crippen molar-refractivity contribution in [2.75, 3.05) is 6.54 Å². The summed E-state index contributed by atoms with van der Waals surface area (Å²) < 4.78 is 0. The van der Waals surface area contributed by atoms with E-state index in [0.29, 0.717) is 24.2 Å². The fourth-order valence-corrected chi connectivity index (χ4v) is 3.73. The van der Waals surface area contributed by atoms with Crippen LogP contribution in [0.3, 0.4) is 0 Å². The van der Waals surface area contributed by atoms with Crippen molar-refractivity contribution < 1.29 is 14.7 Å². The number of carboxylic acids is 1. The summed E-state index contributed by atoms with van der Waals surface area (Å²) in [7, 11) is 0. The van der Waals surface area contributed by atoms with Crippen molar-refractivity contribution in [3.63, 3.8) is 0 Å². The second-order valence-electron chi connectivity index (χ2n) is 8.03. The van der Waals surface area contributed by atoms with Crippen LogP contribution in [0, 0.1) is 17.3 Å². The average Bonchev–Trinajstić information content (AvgIpc) is 2.66. The molecule has 0 saturated heterocycles. The molecule has 1 fully saturated rings. The Labute approximate surface area is 134 Å². The number of nitrogens with two attached hydrogens (primary N) is 1. The Bertz CT molecular complexity index is 393. The molecule has 1 aliphatic rings. The summed E-state index contributed by atoms with van der Waals surface area (Å²) in [5.74, 6) is 0.426. The lowest BCUT2D eigenvalue weighted by Gasteiger charge is -2.34. The van der Waals surface area contributed by atoms with Crippen LogP contribution in [0.15, 0.2) is 0 Å². The maximum Gasteiger partial charge on any atom is 0.305 e. The molecule has 0 aromatic carbocycles. The number of hydrogen-bond donors (Lipinski definition) is 3. The van der Waals surface area contributed by atoms with Crippen LogP contribution < -0.4 is 11.1 Å². The number of aldehydes is 1. The van der Waals surface area contributed by atoms with E-state index in [0.717, 1.165) is 18.8 Å². The summed E-state index contributed by atoms with van der Waals surface area (Å²) in [5.41, 5.74) is 6.28. The van der Waals surface area contributed by atoms with Gasteiger partial charge >= 0.3 is 5.97 Å². The summed E-state index contributed by atoms with van der Waals surface area (Å²) in [6.45, 7) is 9.41. The van der Waals surface area contributed by atoms with Crippen molar-refractivity contribution in [3.8, 4) is 0 Å². The van der Waals surface area contributed by atoms with Crippen molar-refractivity contribution in [1.29, 1.82) is 0 Å². The lowest BCUT2D eigenvalue weighted by molar-refractivity contribution is -0.138. The molecule has 0 bridgehead atoms. The Kier molecular flexibility index (Phi) is 6.56. The standard InChI is InChI=1S/C17H32N2O3/c1-12-5-7-16(2,3)14(12)6-8-17(4,18)11-19-13(10-20)9-15(21)22/h10,12-14,19H,5-9,11,18H2,1-4H3,(H,21,22)/t12?,13-,14?,17?/m0/s1. The number of carbonyl (C=O) groups excluding carboxylic acids is 1. The third-order valence-electron chi connectivity index (χ3n) is 5.29. The van der Waals surface area contributed by atoms with Crippen LogP contribution in [0.25, 0.3) is 0 Å². The van der Waals surface area contributed by atoms with Gasteiger partial charge in [-0.3, -0.25) is 4.79 Å². The molecular weight excluding hydrogens is 280 g/mol. The Morgan fingerprint density at radius 3 is 2.64 bits per heavy atom. The van der Waals surface area contributed by atoms with Gasteiger partial charge in [0.2, 0.25) is 0 Å². The van der Waals surface area contributed by atoms with Crippen molar-refractivity contribution >= 4 is 12.3 Å². The van der Waals surface area contributed by atoms with Crippen LogP contribution >= 0.6 is 0 Å². The molecule has 1 aliphatic carbocycles. The van der Waals surface area contributed by atoms with Crippen LogP contribution in [0.4, 0.5) is 0 Å². The van der Waals surface area contributed by atoms with E-state index in [4.69, 9.17) is 10.8 Å². The van der Waals surface area contributed by atoms with Crippen LogP contribution in [-0.2, 0) is 9.59 Å². The zero-order valence-electron chi connectivity index (χ0n) is 14.4. The topological polar surface area (TPSA) is 92.4 Å². The molecule has 0 radical (unpaired) electrons. The lowest BCUT2D eigenvalue weighted by Crippen LogP contribution is -2.50. The van der Waals surface area contributed by atoms with Crippen molar-refractivity contribution in [1.82, 2.24) is 5.32 Å². The summed E-state index contributed by atoms with van der Waals surface area (Å²) >= 11 is 0. The number of rotatable bonds is 9. The number of aliphatic carboxylic acids is 1. The lowest BCUT2D eigenvalue weighted by atomic mass is 9.74. The smallest absolute Gasteiger partial charge is 0.305 e. The van der Waals surface area contributed by atoms with Gasteiger partial charge in [0.1, 0.15) is 6.29 Å². The van der Waals surface area contributed by atoms with Crippen molar-refractivity contribution in [3.05, 3.63) is 0 Å². The van der Waals surface area contributed by atoms with E-state index >= 15 is 0 Å². The van der Waals surface area contributed by atoms with E-state index in [1.165, 1.54) is 12.8 Å². The predicted molar refractivity (Wildman–Crippen MR) is 87.6 cm³/mol. The molecular formula is C17H32N2O3. The monoisotopic (exact) mass is 312 g/mol. The third-order valence-corrected chi connectivity index (χ3v) is 5.29. The molecule has 1 saturated carbocycles. The van der Waals surface area contributed by atoms with Gasteiger partial charge in [0, 0.05) is 12.1 Å². The molecule has 4 N–H and O–H groups in total. The summed E-state index contributed by atoms with van der Waals surface area (Å²) in [5, 5.41) is 11.7. The molecule has 3 unspecified atom stereocenters. The highest BCUT2D eigenvalue weighted by Crippen LogP contribution is 2.48. The van der Waals surface area contributed by atoms with Crippen LogP contribution in [0.5, 0.6) is 0 Å². The molecule has 22 heavy (non-hydrogen) atoms. The number of carboxylic acid groups (broad SMARTS) is 1. The molecule has 0 heterocycles. The van der Waals surface area contributed by atoms with Crippen molar-refractivity contribution in [2.45, 2.75) is 71.4 Å². The molecule has 128 valence electrons. The quantitative estimate of drug-likeness (QED) is 0.568. The molecule has 1 rings (SSSR count). The Morgan fingerprint density at radius 2 is 2.18 bits per heavy atom. The van der Waals surface area contributed by atoms with E-state index in [1.54, 1.807) is 0 Å². The maximum absolute atomic E-state index is 10.9. The molecule has 0 amide bonds. The number of nitrogens with one attached hydrogen (secondary N) is 1. The zero-order valence-corrected chi connectivity index (χ0v) is 14.4. The van der Waals surface area contributed by atoms with E-state index < -0.39 is 17.6 Å². The minimum Gasteiger partial charge on any atom is -0.481 e. The summed E-state index contributed by atoms with van der Waals surface area (Å²) in [6, 6.07) is -0.665. The average molecular weight is 312 g/mol. The second kappa shape index (κ2) is 7.55. The Balaban J connectivity index is 2.46. The fourth-order valence-electron chi connectivity index (χ4n) is 3.73. The molecule has 0 aromatic heterocycles. The first-order valence-electron chi connectivity index (χ1n) is 8.27. The van der Waals surface area contributed by atoms with Gasteiger partial charge in [0.15, 0.2) is 0 Å². The first-order chi connectivity index (χ1) is 10.1. The van der Waals surface area contributed by atoms with Gasteiger partial charge in [0.25, 0.3) is 0 Å². The molecule has 5 nitrogen and oxygen atoms in total. The van der Waals surface area contributed by atoms with E-state index in [-0.39, 0.29) is 6.42 Å². The Hall–Kier alpha value is -0.940. The van der Waals surface area contributed by atoms with Crippen LogP contribution in [0.2, 0.25) is 0 Å². The highest BCUT2D eigenvalue weighted by atomic mass is 16.4. The van der Waals surface area contributed by atoms with Gasteiger partial charge in [-0.05, 0) is 49.9 Å². The minimum absolute atomic E-state index is 0.202. The van der Waals surface area contributed by atoms with Gasteiger partial charge in [-0.25, -0.2) is 0 Å². The summed E-state index contributed by atoms with van der Waals surface area (Å²) in [6.07, 6.45) is 4.94. The van der Waals surface area contributed by atoms with Gasteiger partial charge in [0.05, 0.1) is 12.5 Å². The molecule has 0 aliphatic heterocycles. The maximum atomic E-state index is 10.9. The molecule has 4 atom stereocenters. The number of hydrogen-bond acceptors (Lipinski definition) is 4. The second-order valence-corrected chi connectivity index (χ2v) is 8.03. The SMILES string of the molecule is CC1CCC(C)(C)C1CCC(C)(N)CN[C@H](C=O)CC(=O)O. The minimum atomic E-state index is -0.982. The fraction of sp³-hybridized carbons (Fsp3) is 0.882. The zero-order chi connectivity index (χ0) is 17.0. The van der Waals surface area contributed by atoms with E-state index in [1.807, 2.05) is 6.92 Å². The Morgan fingerprint density at radius 1 is 1.55 bits per heavy atom. The highest BCUT2D eigenvalue weighted by molar-refractivity contribution is 5.73. The van der Waals surface area contributed by atoms with Crippen LogP contribution in [-0.4, -0.2) is 35.5 Å². The third kappa shape index (κ3) is 5.69. The number of carbonyl (C=O) groups is 2. The molecule has 0 spiro atoms. The first-order valence-corrected chi connectivity index (χ1v) is 8.27. The van der Waals surface area contributed by atoms with Gasteiger partial charge in [-0.2, -0.15) is 0 Å². The first kappa shape index (κ1) is 19.1. The summed E-state index contributed by atoms with van der Waals surface area (Å²) in [4.78, 5) is 21.6. The van der Waals surface area contributed by atoms with Gasteiger partial charge < -0.3 is 21.0 Å². The normalized spacial score (nSPS) is 28.0. The largest absolute Gasteiger partial charge is 0.481 e. The molecule has 5 heteroatoms. The van der Waals surface area contributed by atoms with E-state index in [9.17, 15) is 9.59 Å². The van der Waals surface area contributed by atoms with Crippen LogP contribution in [0.1, 0.15) is 59.8 Å². The van der Waals surface area contributed by atoms with Gasteiger partial charge in [-0.15, -0.1) is 0 Å². The molecule has 0 aromatic rings. The van der Waals surface area contributed by atoms with Gasteiger partial charge in [-0.1, -0.05) is 20.8 Å².